The maximum absolute atomic E-state index is 6.10. The quantitative estimate of drug-likeness (QED) is 0.891. The monoisotopic (exact) mass is 259 g/mol. The van der Waals surface area contributed by atoms with Crippen molar-refractivity contribution in [3.63, 3.8) is 0 Å². The summed E-state index contributed by atoms with van der Waals surface area (Å²) in [5.74, 6) is 1.55. The maximum Gasteiger partial charge on any atom is 0.165 e. The number of aromatic nitrogens is 2. The number of ether oxygens (including phenoxy) is 1. The molecule has 0 aliphatic carbocycles. The zero-order chi connectivity index (χ0) is 13.8. The van der Waals surface area contributed by atoms with Crippen LogP contribution >= 0.6 is 0 Å². The van der Waals surface area contributed by atoms with E-state index in [-0.39, 0.29) is 6.04 Å². The van der Waals surface area contributed by atoms with Gasteiger partial charge in [0.05, 0.1) is 12.4 Å². The van der Waals surface area contributed by atoms with Crippen molar-refractivity contribution in [2.24, 2.45) is 5.73 Å². The van der Waals surface area contributed by atoms with Crippen LogP contribution in [0.1, 0.15) is 44.8 Å². The molecule has 1 aromatic carbocycles. The lowest BCUT2D eigenvalue weighted by molar-refractivity contribution is 0.464. The van der Waals surface area contributed by atoms with Gasteiger partial charge in [0.1, 0.15) is 5.75 Å². The molecule has 0 radical (unpaired) electrons. The normalized spacial score (nSPS) is 12.7. The van der Waals surface area contributed by atoms with E-state index in [9.17, 15) is 0 Å². The van der Waals surface area contributed by atoms with Crippen LogP contribution in [-0.2, 0) is 0 Å². The predicted octanol–water partition coefficient (Wildman–Crippen LogP) is 3.67. The number of para-hydroxylation sites is 1. The molecule has 4 heteroatoms. The fraction of sp³-hybridized carbons (Fsp3) is 0.400. The standard InChI is InChI=1S/C15H21N3O/c1-4-14(16)13-7-5-6-8-15(13)19-12-9-17-18(10-12)11(2)3/h5-11,14H,4,16H2,1-3H3/t14-/m0/s1. The van der Waals surface area contributed by atoms with Crippen LogP contribution in [0, 0.1) is 0 Å². The fourth-order valence-corrected chi connectivity index (χ4v) is 1.88. The Morgan fingerprint density at radius 1 is 1.32 bits per heavy atom. The molecule has 0 bridgehead atoms. The molecule has 1 heterocycles. The summed E-state index contributed by atoms with van der Waals surface area (Å²) in [5, 5.41) is 4.27. The summed E-state index contributed by atoms with van der Waals surface area (Å²) in [6, 6.07) is 8.21. The van der Waals surface area contributed by atoms with Crippen LogP contribution in [0.25, 0.3) is 0 Å². The summed E-state index contributed by atoms with van der Waals surface area (Å²) >= 11 is 0. The Balaban J connectivity index is 2.22. The molecule has 1 atom stereocenters. The number of nitrogens with two attached hydrogens (primary N) is 1. The van der Waals surface area contributed by atoms with E-state index in [0.717, 1.165) is 23.5 Å². The van der Waals surface area contributed by atoms with Crippen molar-refractivity contribution in [3.8, 4) is 11.5 Å². The van der Waals surface area contributed by atoms with Gasteiger partial charge in [0, 0.05) is 17.6 Å². The molecule has 0 aliphatic heterocycles. The zero-order valence-corrected chi connectivity index (χ0v) is 11.7. The minimum atomic E-state index is -0.00339. The highest BCUT2D eigenvalue weighted by atomic mass is 16.5. The van der Waals surface area contributed by atoms with Gasteiger partial charge in [-0.05, 0) is 26.3 Å². The van der Waals surface area contributed by atoms with Gasteiger partial charge in [-0.15, -0.1) is 0 Å². The molecule has 2 rings (SSSR count). The SMILES string of the molecule is CC[C@H](N)c1ccccc1Oc1cnn(C(C)C)c1. The Kier molecular flexibility index (Phi) is 4.22. The molecule has 2 aromatic rings. The van der Waals surface area contributed by atoms with E-state index in [1.807, 2.05) is 35.1 Å². The minimum Gasteiger partial charge on any atom is -0.454 e. The van der Waals surface area contributed by atoms with Gasteiger partial charge in [0.15, 0.2) is 5.75 Å². The largest absolute Gasteiger partial charge is 0.454 e. The van der Waals surface area contributed by atoms with E-state index in [4.69, 9.17) is 10.5 Å². The molecular formula is C15H21N3O. The molecular weight excluding hydrogens is 238 g/mol. The van der Waals surface area contributed by atoms with Gasteiger partial charge in [-0.25, -0.2) is 0 Å². The average molecular weight is 259 g/mol. The van der Waals surface area contributed by atoms with Gasteiger partial charge in [-0.2, -0.15) is 5.10 Å². The maximum atomic E-state index is 6.10. The van der Waals surface area contributed by atoms with E-state index >= 15 is 0 Å². The average Bonchev–Trinajstić information content (AvgIpc) is 2.87. The second-order valence-electron chi connectivity index (χ2n) is 4.90. The van der Waals surface area contributed by atoms with E-state index in [0.29, 0.717) is 6.04 Å². The van der Waals surface area contributed by atoms with E-state index < -0.39 is 0 Å². The summed E-state index contributed by atoms with van der Waals surface area (Å²) in [6.07, 6.45) is 4.51. The smallest absolute Gasteiger partial charge is 0.165 e. The molecule has 1 aromatic heterocycles. The Morgan fingerprint density at radius 3 is 2.68 bits per heavy atom. The summed E-state index contributed by atoms with van der Waals surface area (Å²) in [7, 11) is 0. The highest BCUT2D eigenvalue weighted by Gasteiger charge is 2.11. The van der Waals surface area contributed by atoms with E-state index in [1.165, 1.54) is 0 Å². The molecule has 0 unspecified atom stereocenters. The zero-order valence-electron chi connectivity index (χ0n) is 11.7. The summed E-state index contributed by atoms with van der Waals surface area (Å²) < 4.78 is 7.77. The minimum absolute atomic E-state index is 0.00339. The molecule has 0 amide bonds. The lowest BCUT2D eigenvalue weighted by Crippen LogP contribution is -2.09. The van der Waals surface area contributed by atoms with Gasteiger partial charge in [0.2, 0.25) is 0 Å². The molecule has 0 spiro atoms. The third kappa shape index (κ3) is 3.15. The number of benzene rings is 1. The topological polar surface area (TPSA) is 53.1 Å². The Morgan fingerprint density at radius 2 is 2.05 bits per heavy atom. The molecule has 19 heavy (non-hydrogen) atoms. The van der Waals surface area contributed by atoms with Crippen molar-refractivity contribution in [1.29, 1.82) is 0 Å². The van der Waals surface area contributed by atoms with Gasteiger partial charge < -0.3 is 10.5 Å². The highest BCUT2D eigenvalue weighted by molar-refractivity contribution is 5.38. The van der Waals surface area contributed by atoms with Crippen LogP contribution in [0.2, 0.25) is 0 Å². The highest BCUT2D eigenvalue weighted by Crippen LogP contribution is 2.29. The first-order chi connectivity index (χ1) is 9.11. The van der Waals surface area contributed by atoms with Crippen molar-refractivity contribution >= 4 is 0 Å². The van der Waals surface area contributed by atoms with Crippen LogP contribution < -0.4 is 10.5 Å². The Hall–Kier alpha value is -1.81. The van der Waals surface area contributed by atoms with Crippen molar-refractivity contribution in [3.05, 3.63) is 42.2 Å². The van der Waals surface area contributed by atoms with E-state index in [1.54, 1.807) is 6.20 Å². The van der Waals surface area contributed by atoms with Gasteiger partial charge in [0.25, 0.3) is 0 Å². The summed E-state index contributed by atoms with van der Waals surface area (Å²) in [5.41, 5.74) is 7.13. The molecule has 102 valence electrons. The van der Waals surface area contributed by atoms with Gasteiger partial charge in [-0.1, -0.05) is 25.1 Å². The second kappa shape index (κ2) is 5.89. The predicted molar refractivity (Wildman–Crippen MR) is 76.3 cm³/mol. The number of rotatable bonds is 5. The van der Waals surface area contributed by atoms with Crippen molar-refractivity contribution < 1.29 is 4.74 Å². The van der Waals surface area contributed by atoms with Gasteiger partial charge >= 0.3 is 0 Å². The first-order valence-corrected chi connectivity index (χ1v) is 6.68. The van der Waals surface area contributed by atoms with Crippen LogP contribution in [0.3, 0.4) is 0 Å². The molecule has 0 fully saturated rings. The second-order valence-corrected chi connectivity index (χ2v) is 4.90. The molecule has 4 nitrogen and oxygen atoms in total. The van der Waals surface area contributed by atoms with Crippen LogP contribution in [0.15, 0.2) is 36.7 Å². The number of hydrogen-bond donors (Lipinski definition) is 1. The number of nitrogens with zero attached hydrogens (tertiary/aromatic N) is 2. The first kappa shape index (κ1) is 13.6. The third-order valence-corrected chi connectivity index (χ3v) is 3.09. The third-order valence-electron chi connectivity index (χ3n) is 3.09. The molecule has 0 saturated carbocycles. The Labute approximate surface area is 114 Å². The molecule has 0 aliphatic rings. The van der Waals surface area contributed by atoms with Gasteiger partial charge in [-0.3, -0.25) is 4.68 Å². The van der Waals surface area contributed by atoms with Crippen molar-refractivity contribution in [2.75, 3.05) is 0 Å². The summed E-state index contributed by atoms with van der Waals surface area (Å²) in [6.45, 7) is 6.23. The van der Waals surface area contributed by atoms with Crippen LogP contribution in [0.4, 0.5) is 0 Å². The number of hydrogen-bond acceptors (Lipinski definition) is 3. The lowest BCUT2D eigenvalue weighted by atomic mass is 10.0. The molecule has 0 saturated heterocycles. The van der Waals surface area contributed by atoms with Crippen molar-refractivity contribution in [2.45, 2.75) is 39.3 Å². The summed E-state index contributed by atoms with van der Waals surface area (Å²) in [4.78, 5) is 0. The first-order valence-electron chi connectivity index (χ1n) is 6.68. The van der Waals surface area contributed by atoms with Crippen LogP contribution in [-0.4, -0.2) is 9.78 Å². The Bertz CT molecular complexity index is 534. The van der Waals surface area contributed by atoms with E-state index in [2.05, 4.69) is 25.9 Å². The fourth-order valence-electron chi connectivity index (χ4n) is 1.88. The van der Waals surface area contributed by atoms with Crippen molar-refractivity contribution in [1.82, 2.24) is 9.78 Å². The molecule has 2 N–H and O–H groups in total. The lowest BCUT2D eigenvalue weighted by Gasteiger charge is -2.14. The van der Waals surface area contributed by atoms with Crippen LogP contribution in [0.5, 0.6) is 11.5 Å².